The molecule has 664 valence electrons. The van der Waals surface area contributed by atoms with Crippen molar-refractivity contribution < 1.29 is 28.8 Å². The minimum Gasteiger partial charge on any atom is -0.350 e. The van der Waals surface area contributed by atoms with Crippen LogP contribution in [0.4, 0.5) is 0 Å². The third kappa shape index (κ3) is 26.4. The van der Waals surface area contributed by atoms with E-state index in [1.807, 2.05) is 168 Å². The zero-order valence-corrected chi connectivity index (χ0v) is 74.4. The molecule has 0 saturated carbocycles. The van der Waals surface area contributed by atoms with Crippen LogP contribution in [-0.4, -0.2) is 189 Å². The Morgan fingerprint density at radius 2 is 0.625 bits per heavy atom. The molecule has 12 aromatic carbocycles. The maximum atomic E-state index is 14.2. The van der Waals surface area contributed by atoms with Crippen LogP contribution in [0.15, 0.2) is 309 Å². The summed E-state index contributed by atoms with van der Waals surface area (Å²) in [5.41, 5.74) is 15.0. The first-order valence-electron chi connectivity index (χ1n) is 46.6. The van der Waals surface area contributed by atoms with E-state index in [-0.39, 0.29) is 89.4 Å². The molecule has 4 fully saturated rings. The van der Waals surface area contributed by atoms with Crippen LogP contribution in [0.2, 0.25) is 0 Å². The molecule has 4 aliphatic heterocycles. The first-order valence-corrected chi connectivity index (χ1v) is 46.6. The van der Waals surface area contributed by atoms with Gasteiger partial charge in [0.25, 0.3) is 17.7 Å². The molecule has 18 heteroatoms. The zero-order valence-electron chi connectivity index (χ0n) is 74.4. The van der Waals surface area contributed by atoms with Crippen molar-refractivity contribution in [3.05, 3.63) is 359 Å². The van der Waals surface area contributed by atoms with Crippen LogP contribution in [-0.2, 0) is 14.4 Å². The third-order valence-electron chi connectivity index (χ3n) is 25.7. The van der Waals surface area contributed by atoms with Crippen molar-refractivity contribution in [2.75, 3.05) is 91.6 Å². The Hall–Kier alpha value is -12.0. The predicted molar refractivity (Wildman–Crippen MR) is 519 cm³/mol. The molecular formula is C110H128N12O6. The summed E-state index contributed by atoms with van der Waals surface area (Å²) in [6.45, 7) is 14.2. The van der Waals surface area contributed by atoms with Gasteiger partial charge in [-0.15, -0.1) is 0 Å². The highest BCUT2D eigenvalue weighted by Crippen LogP contribution is 2.32. The number of nitrogens with one attached hydrogen (secondary N) is 7. The molecule has 12 aromatic rings. The summed E-state index contributed by atoms with van der Waals surface area (Å²) < 4.78 is 0. The number of nitrogens with zero attached hydrogens (tertiary/aromatic N) is 4. The Labute approximate surface area is 756 Å². The molecule has 4 heterocycles. The van der Waals surface area contributed by atoms with E-state index in [2.05, 4.69) is 213 Å². The number of piperidine rings is 1. The van der Waals surface area contributed by atoms with Crippen molar-refractivity contribution in [2.24, 2.45) is 5.73 Å². The molecule has 6 amide bonds. The molecule has 0 aromatic heterocycles. The lowest BCUT2D eigenvalue weighted by atomic mass is 9.90. The Morgan fingerprint density at radius 3 is 0.922 bits per heavy atom. The number of amides is 6. The van der Waals surface area contributed by atoms with Gasteiger partial charge < -0.3 is 62.6 Å². The fourth-order valence-electron chi connectivity index (χ4n) is 18.5. The molecule has 18 nitrogen and oxygen atoms in total. The number of nitrogens with two attached hydrogens (primary N) is 1. The lowest BCUT2D eigenvalue weighted by Gasteiger charge is -2.30. The summed E-state index contributed by atoms with van der Waals surface area (Å²) in [5, 5.41) is 30.3. The van der Waals surface area contributed by atoms with E-state index in [4.69, 9.17) is 5.73 Å². The number of fused-ring (bicyclic) bond motifs is 3. The number of benzene rings is 12. The van der Waals surface area contributed by atoms with Crippen LogP contribution >= 0.6 is 0 Å². The molecule has 16 rings (SSSR count). The van der Waals surface area contributed by atoms with Gasteiger partial charge in [-0.25, -0.2) is 0 Å². The van der Waals surface area contributed by atoms with Crippen molar-refractivity contribution in [1.29, 1.82) is 0 Å². The monoisotopic (exact) mass is 1710 g/mol. The van der Waals surface area contributed by atoms with Crippen molar-refractivity contribution >= 4 is 67.8 Å². The van der Waals surface area contributed by atoms with E-state index in [1.165, 1.54) is 52.6 Å². The minimum absolute atomic E-state index is 0.00619. The molecule has 9 N–H and O–H groups in total. The predicted octanol–water partition coefficient (Wildman–Crippen LogP) is 16.7. The normalized spacial score (nSPS) is 18.2. The van der Waals surface area contributed by atoms with Crippen LogP contribution in [0.5, 0.6) is 0 Å². The smallest absolute Gasteiger partial charge is 0.251 e. The summed E-state index contributed by atoms with van der Waals surface area (Å²) in [6.07, 6.45) is 11.0. The molecule has 0 aliphatic carbocycles. The maximum absolute atomic E-state index is 14.2. The number of hydrogen-bond donors (Lipinski definition) is 8. The highest BCUT2D eigenvalue weighted by atomic mass is 16.2. The summed E-state index contributed by atoms with van der Waals surface area (Å²) in [7, 11) is 0. The third-order valence-corrected chi connectivity index (χ3v) is 25.7. The highest BCUT2D eigenvalue weighted by molar-refractivity contribution is 6.00. The Kier molecular flexibility index (Phi) is 34.4. The second-order valence-electron chi connectivity index (χ2n) is 35.1. The number of likely N-dealkylation sites (tertiary alicyclic amines) is 1. The van der Waals surface area contributed by atoms with Gasteiger partial charge in [0.1, 0.15) is 0 Å². The molecule has 4 saturated heterocycles. The Morgan fingerprint density at radius 1 is 0.344 bits per heavy atom. The molecule has 6 atom stereocenters. The summed E-state index contributed by atoms with van der Waals surface area (Å²) >= 11 is 0. The SMILES string of the molecule is CC(C)NCCC[C@@H]1N[C@H](CNC(=O)c2ccc3ccccc3c2)CCN(CC(c2ccccc2)c2ccccc2)C1=O.NCCC[C@@H]1N[C@H](CNC(=O)c2ccc3ccccc3c2)CCN(CC(c2ccccc2)c2ccccc2)C1=O.O=C(NC[C@@H]1CCN(CC(c2ccccc2)c2ccccc2)C(=O)[C@H](CCCN2CCCCC2)N1)c1ccc2ccccc2c1. The molecular weight excluding hydrogens is 1590 g/mol. The van der Waals surface area contributed by atoms with Gasteiger partial charge in [0, 0.05) is 118 Å². The molecule has 0 spiro atoms. The van der Waals surface area contributed by atoms with Crippen LogP contribution in [0.1, 0.15) is 173 Å². The van der Waals surface area contributed by atoms with Gasteiger partial charge in [-0.05, 0) is 205 Å². The van der Waals surface area contributed by atoms with Gasteiger partial charge in [0.05, 0.1) is 18.1 Å². The summed E-state index contributed by atoms with van der Waals surface area (Å²) in [4.78, 5) is 90.1. The van der Waals surface area contributed by atoms with Gasteiger partial charge in [-0.1, -0.05) is 293 Å². The maximum Gasteiger partial charge on any atom is 0.251 e. The molecule has 0 radical (unpaired) electrons. The molecule has 0 unspecified atom stereocenters. The summed E-state index contributed by atoms with van der Waals surface area (Å²) in [6, 6.07) is 104. The molecule has 4 aliphatic rings. The van der Waals surface area contributed by atoms with E-state index in [0.29, 0.717) is 94.6 Å². The fourth-order valence-corrected chi connectivity index (χ4v) is 18.5. The van der Waals surface area contributed by atoms with Gasteiger partial charge in [0.15, 0.2) is 0 Å². The molecule has 128 heavy (non-hydrogen) atoms. The Balaban J connectivity index is 0.000000156. The largest absolute Gasteiger partial charge is 0.350 e. The second kappa shape index (κ2) is 47.7. The van der Waals surface area contributed by atoms with E-state index in [1.54, 1.807) is 0 Å². The second-order valence-corrected chi connectivity index (χ2v) is 35.1. The van der Waals surface area contributed by atoms with Crippen molar-refractivity contribution in [1.82, 2.24) is 56.8 Å². The molecule has 0 bridgehead atoms. The van der Waals surface area contributed by atoms with Crippen molar-refractivity contribution in [2.45, 2.75) is 151 Å². The lowest BCUT2D eigenvalue weighted by Crippen LogP contribution is -2.49. The highest BCUT2D eigenvalue weighted by Gasteiger charge is 2.37. The number of carbonyl (C=O) groups is 6. The van der Waals surface area contributed by atoms with Crippen LogP contribution in [0.25, 0.3) is 32.3 Å². The van der Waals surface area contributed by atoms with Crippen molar-refractivity contribution in [3.8, 4) is 0 Å². The van der Waals surface area contributed by atoms with Gasteiger partial charge in [-0.2, -0.15) is 0 Å². The van der Waals surface area contributed by atoms with Crippen LogP contribution < -0.4 is 43.0 Å². The first-order chi connectivity index (χ1) is 62.7. The number of hydrogen-bond acceptors (Lipinski definition) is 12. The minimum atomic E-state index is -0.333. The first kappa shape index (κ1) is 92.2. The van der Waals surface area contributed by atoms with E-state index in [0.717, 1.165) is 110 Å². The number of rotatable bonds is 33. The Bertz CT molecular complexity index is 5380. The van der Waals surface area contributed by atoms with E-state index < -0.39 is 0 Å². The van der Waals surface area contributed by atoms with Gasteiger partial charge >= 0.3 is 0 Å². The standard InChI is InChI=1S/C39H46N4O2.C37H44N4O2.C34H38N4O2/c44-38(34-21-20-30-13-8-9-18-33(30)27-34)40-28-35-22-26-43(39(45)37(41-35)19-12-25-42-23-10-3-11-24-42)29-36(31-14-4-1-5-15-31)32-16-6-2-7-17-32;1-27(2)38-22-11-18-35-37(43)41(26-34(29-13-5-3-6-14-29)30-15-7-4-8-16-30)23-21-33(40-35)25-39-36(42)32-20-19-28-12-9-10-17-31(28)24-32;35-20-9-16-32-34(40)38(24-31(26-11-3-1-4-12-26)27-13-5-2-6-14-27)21-19-30(37-32)23-36-33(39)29-18-17-25-10-7-8-15-28(25)22-29/h1-2,4-9,13-18,20-21,27,35-37,41H,3,10-12,19,22-26,28-29H2,(H,40,44);3-10,12-17,19-20,24,27,33-35,38,40H,11,18,21-23,25-26H2,1-2H3,(H,39,42);1-8,10-15,17-18,22,30-32,37H,9,16,19-21,23-24,35H2,(H,36,39)/t35-,37-;33-,35-;30-,32-/m000/s1. The van der Waals surface area contributed by atoms with E-state index in [9.17, 15) is 28.8 Å². The summed E-state index contributed by atoms with van der Waals surface area (Å²) in [5.74, 6) is 0.397. The van der Waals surface area contributed by atoms with Gasteiger partial charge in [-0.3, -0.25) is 28.8 Å². The zero-order chi connectivity index (χ0) is 88.6. The average molecular weight is 1710 g/mol. The quantitative estimate of drug-likeness (QED) is 0.0180. The lowest BCUT2D eigenvalue weighted by molar-refractivity contribution is -0.133. The van der Waals surface area contributed by atoms with Crippen LogP contribution in [0.3, 0.4) is 0 Å². The van der Waals surface area contributed by atoms with Gasteiger partial charge in [0.2, 0.25) is 17.7 Å². The topological polar surface area (TPSA) is 226 Å². The van der Waals surface area contributed by atoms with Crippen LogP contribution in [0, 0.1) is 0 Å². The average Bonchev–Trinajstić information content (AvgIpc) is 1.67. The van der Waals surface area contributed by atoms with E-state index >= 15 is 0 Å². The number of carbonyl (C=O) groups excluding carboxylic acids is 6. The van der Waals surface area contributed by atoms with Crippen molar-refractivity contribution in [3.63, 3.8) is 0 Å². The fraction of sp³-hybridized carbons (Fsp3) is 0.345.